The van der Waals surface area contributed by atoms with Crippen LogP contribution < -0.4 is 10.1 Å². The van der Waals surface area contributed by atoms with Crippen LogP contribution in [0.25, 0.3) is 10.2 Å². The van der Waals surface area contributed by atoms with Crippen molar-refractivity contribution in [1.29, 1.82) is 0 Å². The second-order valence-electron chi connectivity index (χ2n) is 8.07. The first-order valence-corrected chi connectivity index (χ1v) is 11.5. The van der Waals surface area contributed by atoms with Crippen LogP contribution in [0.2, 0.25) is 0 Å². The molecule has 1 N–H and O–H groups in total. The number of rotatable bonds is 7. The number of ether oxygens (including phenoxy) is 1. The number of amides is 1. The highest BCUT2D eigenvalue weighted by atomic mass is 79.9. The zero-order valence-corrected chi connectivity index (χ0v) is 19.7. The molecule has 154 valence electrons. The molecule has 0 aliphatic heterocycles. The number of nitrogens with one attached hydrogen (secondary N) is 1. The number of halogens is 1. The molecule has 0 saturated heterocycles. The third-order valence-electron chi connectivity index (χ3n) is 4.71. The minimum absolute atomic E-state index is 0.0379. The minimum atomic E-state index is -0.0379. The van der Waals surface area contributed by atoms with Crippen LogP contribution in [0.3, 0.4) is 0 Å². The Bertz CT molecular complexity index is 1010. The summed E-state index contributed by atoms with van der Waals surface area (Å²) in [4.78, 5) is 16.8. The highest BCUT2D eigenvalue weighted by molar-refractivity contribution is 9.10. The Morgan fingerprint density at radius 3 is 2.69 bits per heavy atom. The lowest BCUT2D eigenvalue weighted by molar-refractivity contribution is -0.116. The van der Waals surface area contributed by atoms with Gasteiger partial charge in [0, 0.05) is 6.42 Å². The summed E-state index contributed by atoms with van der Waals surface area (Å²) in [6.45, 7) is 9.19. The average Bonchev–Trinajstić information content (AvgIpc) is 3.06. The van der Waals surface area contributed by atoms with Crippen LogP contribution in [0.5, 0.6) is 5.75 Å². The van der Waals surface area contributed by atoms with Crippen LogP contribution in [0.15, 0.2) is 40.9 Å². The standard InChI is InChI=1S/C23H27BrN2O2S/c1-5-15-8-11-19(17(24)13-15)28-12-6-7-21(27)26-22-25-18-10-9-16(23(2,3)4)14-20(18)29-22/h8-11,13-14H,5-7,12H2,1-4H3,(H,25,26,27). The number of hydrogen-bond acceptors (Lipinski definition) is 4. The highest BCUT2D eigenvalue weighted by Crippen LogP contribution is 2.31. The number of benzene rings is 2. The Hall–Kier alpha value is -1.92. The van der Waals surface area contributed by atoms with Gasteiger partial charge in [-0.2, -0.15) is 0 Å². The van der Waals surface area contributed by atoms with E-state index >= 15 is 0 Å². The molecule has 1 amide bonds. The predicted octanol–water partition coefficient (Wildman–Crippen LogP) is 6.72. The first-order valence-electron chi connectivity index (χ1n) is 9.88. The maximum absolute atomic E-state index is 12.3. The predicted molar refractivity (Wildman–Crippen MR) is 125 cm³/mol. The highest BCUT2D eigenvalue weighted by Gasteiger charge is 2.15. The quantitative estimate of drug-likeness (QED) is 0.386. The van der Waals surface area contributed by atoms with Gasteiger partial charge in [-0.25, -0.2) is 4.98 Å². The average molecular weight is 475 g/mol. The number of nitrogens with zero attached hydrogens (tertiary/aromatic N) is 1. The van der Waals surface area contributed by atoms with E-state index in [-0.39, 0.29) is 11.3 Å². The molecule has 0 saturated carbocycles. The molecule has 0 spiro atoms. The van der Waals surface area contributed by atoms with Crippen molar-refractivity contribution in [2.45, 2.75) is 52.4 Å². The van der Waals surface area contributed by atoms with Crippen LogP contribution in [0.1, 0.15) is 51.7 Å². The molecule has 1 heterocycles. The van der Waals surface area contributed by atoms with Crippen molar-refractivity contribution < 1.29 is 9.53 Å². The van der Waals surface area contributed by atoms with Gasteiger partial charge in [0.2, 0.25) is 5.91 Å². The van der Waals surface area contributed by atoms with Crippen LogP contribution in [0.4, 0.5) is 5.13 Å². The fourth-order valence-electron chi connectivity index (χ4n) is 2.92. The lowest BCUT2D eigenvalue weighted by Crippen LogP contribution is -2.12. The SMILES string of the molecule is CCc1ccc(OCCCC(=O)Nc2nc3ccc(C(C)(C)C)cc3s2)c(Br)c1. The Morgan fingerprint density at radius 1 is 1.21 bits per heavy atom. The van der Waals surface area contributed by atoms with E-state index in [1.54, 1.807) is 0 Å². The molecule has 4 nitrogen and oxygen atoms in total. The van der Waals surface area contributed by atoms with Gasteiger partial charge in [-0.15, -0.1) is 0 Å². The summed E-state index contributed by atoms with van der Waals surface area (Å²) in [5.74, 6) is 0.771. The van der Waals surface area contributed by atoms with E-state index < -0.39 is 0 Å². The van der Waals surface area contributed by atoms with Gasteiger partial charge in [0.25, 0.3) is 0 Å². The number of carbonyl (C=O) groups excluding carboxylic acids is 1. The Morgan fingerprint density at radius 2 is 2.00 bits per heavy atom. The van der Waals surface area contributed by atoms with Gasteiger partial charge in [0.1, 0.15) is 5.75 Å². The Labute approximate surface area is 184 Å². The fraction of sp³-hybridized carbons (Fsp3) is 0.391. The van der Waals surface area contributed by atoms with E-state index in [1.807, 2.05) is 12.1 Å². The molecule has 1 aromatic heterocycles. The van der Waals surface area contributed by atoms with Gasteiger partial charge in [0.15, 0.2) is 5.13 Å². The Balaban J connectivity index is 1.50. The number of carbonyl (C=O) groups is 1. The topological polar surface area (TPSA) is 51.2 Å². The summed E-state index contributed by atoms with van der Waals surface area (Å²) in [5, 5.41) is 3.57. The molecular formula is C23H27BrN2O2S. The number of anilines is 1. The first-order chi connectivity index (χ1) is 13.8. The first kappa shape index (κ1) is 21.8. The molecule has 0 fully saturated rings. The van der Waals surface area contributed by atoms with E-state index in [4.69, 9.17) is 4.74 Å². The van der Waals surface area contributed by atoms with Gasteiger partial charge < -0.3 is 10.1 Å². The molecule has 3 rings (SSSR count). The monoisotopic (exact) mass is 474 g/mol. The largest absolute Gasteiger partial charge is 0.492 e. The summed E-state index contributed by atoms with van der Waals surface area (Å²) in [6, 6.07) is 12.4. The minimum Gasteiger partial charge on any atom is -0.492 e. The number of fused-ring (bicyclic) bond motifs is 1. The molecular weight excluding hydrogens is 448 g/mol. The normalized spacial score (nSPS) is 11.6. The lowest BCUT2D eigenvalue weighted by Gasteiger charge is -2.18. The zero-order chi connectivity index (χ0) is 21.0. The fourth-order valence-corrected chi connectivity index (χ4v) is 4.38. The third-order valence-corrected chi connectivity index (χ3v) is 6.26. The van der Waals surface area contributed by atoms with E-state index in [2.05, 4.69) is 78.2 Å². The summed E-state index contributed by atoms with van der Waals surface area (Å²) in [5.41, 5.74) is 3.53. The molecule has 0 aliphatic rings. The Kier molecular flexibility index (Phi) is 6.96. The van der Waals surface area contributed by atoms with Crippen molar-refractivity contribution in [2.24, 2.45) is 0 Å². The summed E-state index contributed by atoms with van der Waals surface area (Å²) in [7, 11) is 0. The molecule has 3 aromatic rings. The third kappa shape index (κ3) is 5.80. The molecule has 6 heteroatoms. The molecule has 0 atom stereocenters. The molecule has 0 bridgehead atoms. The van der Waals surface area contributed by atoms with E-state index in [1.165, 1.54) is 22.5 Å². The second kappa shape index (κ2) is 9.26. The number of thiazole rings is 1. The molecule has 0 unspecified atom stereocenters. The van der Waals surface area contributed by atoms with Crippen molar-refractivity contribution in [3.63, 3.8) is 0 Å². The van der Waals surface area contributed by atoms with Crippen molar-refractivity contribution in [3.05, 3.63) is 52.0 Å². The number of hydrogen-bond donors (Lipinski definition) is 1. The van der Waals surface area contributed by atoms with Gasteiger partial charge in [-0.1, -0.05) is 51.2 Å². The van der Waals surface area contributed by atoms with Gasteiger partial charge in [-0.3, -0.25) is 4.79 Å². The number of aromatic nitrogens is 1. The maximum atomic E-state index is 12.3. The van der Waals surface area contributed by atoms with E-state index in [0.717, 1.165) is 26.9 Å². The number of aryl methyl sites for hydroxylation is 1. The zero-order valence-electron chi connectivity index (χ0n) is 17.3. The van der Waals surface area contributed by atoms with Crippen molar-refractivity contribution in [3.8, 4) is 5.75 Å². The van der Waals surface area contributed by atoms with Crippen LogP contribution in [0, 0.1) is 0 Å². The maximum Gasteiger partial charge on any atom is 0.226 e. The lowest BCUT2D eigenvalue weighted by atomic mass is 9.87. The second-order valence-corrected chi connectivity index (χ2v) is 9.96. The van der Waals surface area contributed by atoms with Crippen LogP contribution in [-0.2, 0) is 16.6 Å². The summed E-state index contributed by atoms with van der Waals surface area (Å²) in [6.07, 6.45) is 2.03. The molecule has 2 aromatic carbocycles. The van der Waals surface area contributed by atoms with Crippen LogP contribution >= 0.6 is 27.3 Å². The summed E-state index contributed by atoms with van der Waals surface area (Å²) < 4.78 is 7.83. The van der Waals surface area contributed by atoms with E-state index in [0.29, 0.717) is 24.6 Å². The van der Waals surface area contributed by atoms with Gasteiger partial charge >= 0.3 is 0 Å². The summed E-state index contributed by atoms with van der Waals surface area (Å²) >= 11 is 5.05. The smallest absolute Gasteiger partial charge is 0.226 e. The molecule has 0 radical (unpaired) electrons. The van der Waals surface area contributed by atoms with Crippen molar-refractivity contribution in [1.82, 2.24) is 4.98 Å². The van der Waals surface area contributed by atoms with Crippen molar-refractivity contribution in [2.75, 3.05) is 11.9 Å². The molecule has 0 aliphatic carbocycles. The van der Waals surface area contributed by atoms with Crippen molar-refractivity contribution >= 4 is 48.5 Å². The molecule has 29 heavy (non-hydrogen) atoms. The van der Waals surface area contributed by atoms with E-state index in [9.17, 15) is 4.79 Å². The van der Waals surface area contributed by atoms with Gasteiger partial charge in [0.05, 0.1) is 21.3 Å². The van der Waals surface area contributed by atoms with Gasteiger partial charge in [-0.05, 0) is 69.6 Å². The van der Waals surface area contributed by atoms with Crippen LogP contribution in [-0.4, -0.2) is 17.5 Å².